The average Bonchev–Trinajstić information content (AvgIpc) is 2.45. The maximum absolute atomic E-state index is 6.18. The first-order valence-corrected chi connectivity index (χ1v) is 8.24. The second-order valence-electron chi connectivity index (χ2n) is 6.52. The minimum atomic E-state index is 0.0266. The highest BCUT2D eigenvalue weighted by Gasteiger charge is 2.42. The SMILES string of the molecule is COc1cccc(N(C)C2(CN)CSCC(C)(C)C2)c1. The number of nitrogens with zero attached hydrogens (tertiary/aromatic N) is 1. The lowest BCUT2D eigenvalue weighted by molar-refractivity contribution is 0.265. The Morgan fingerprint density at radius 1 is 1.35 bits per heavy atom. The van der Waals surface area contributed by atoms with E-state index in [1.807, 2.05) is 23.9 Å². The molecule has 3 nitrogen and oxygen atoms in total. The molecule has 2 N–H and O–H groups in total. The van der Waals surface area contributed by atoms with Crippen LogP contribution in [-0.4, -0.2) is 37.7 Å². The Morgan fingerprint density at radius 2 is 2.10 bits per heavy atom. The fourth-order valence-electron chi connectivity index (χ4n) is 3.09. The van der Waals surface area contributed by atoms with Gasteiger partial charge in [0.1, 0.15) is 5.75 Å². The Balaban J connectivity index is 2.30. The van der Waals surface area contributed by atoms with Crippen LogP contribution < -0.4 is 15.4 Å². The van der Waals surface area contributed by atoms with Crippen LogP contribution in [0.4, 0.5) is 5.69 Å². The van der Waals surface area contributed by atoms with Crippen molar-refractivity contribution in [3.63, 3.8) is 0 Å². The highest BCUT2D eigenvalue weighted by atomic mass is 32.2. The summed E-state index contributed by atoms with van der Waals surface area (Å²) in [5.41, 5.74) is 7.71. The van der Waals surface area contributed by atoms with Crippen molar-refractivity contribution in [2.75, 3.05) is 37.1 Å². The van der Waals surface area contributed by atoms with Crippen molar-refractivity contribution in [3.05, 3.63) is 24.3 Å². The van der Waals surface area contributed by atoms with Crippen LogP contribution in [0.1, 0.15) is 20.3 Å². The second-order valence-corrected chi connectivity index (χ2v) is 7.51. The van der Waals surface area contributed by atoms with E-state index in [4.69, 9.17) is 10.5 Å². The molecule has 1 aromatic rings. The normalized spacial score (nSPS) is 25.2. The number of benzene rings is 1. The zero-order valence-corrected chi connectivity index (χ0v) is 13.8. The third-order valence-corrected chi connectivity index (χ3v) is 5.93. The van der Waals surface area contributed by atoms with E-state index < -0.39 is 0 Å². The third-order valence-electron chi connectivity index (χ3n) is 4.20. The van der Waals surface area contributed by atoms with Gasteiger partial charge in [0, 0.05) is 31.1 Å². The number of likely N-dealkylation sites (N-methyl/N-ethyl adjacent to an activating group) is 1. The predicted octanol–water partition coefficient (Wildman–Crippen LogP) is 2.99. The average molecular weight is 294 g/mol. The van der Waals surface area contributed by atoms with Crippen molar-refractivity contribution < 1.29 is 4.74 Å². The molecule has 1 fully saturated rings. The van der Waals surface area contributed by atoms with Gasteiger partial charge in [-0.2, -0.15) is 11.8 Å². The van der Waals surface area contributed by atoms with Crippen LogP contribution >= 0.6 is 11.8 Å². The molecule has 1 aliphatic heterocycles. The second kappa shape index (κ2) is 5.86. The summed E-state index contributed by atoms with van der Waals surface area (Å²) in [4.78, 5) is 2.35. The summed E-state index contributed by atoms with van der Waals surface area (Å²) < 4.78 is 5.34. The summed E-state index contributed by atoms with van der Waals surface area (Å²) in [5.74, 6) is 3.19. The quantitative estimate of drug-likeness (QED) is 0.926. The van der Waals surface area contributed by atoms with E-state index in [0.29, 0.717) is 12.0 Å². The molecule has 0 saturated carbocycles. The minimum absolute atomic E-state index is 0.0266. The summed E-state index contributed by atoms with van der Waals surface area (Å²) in [6.45, 7) is 5.35. The van der Waals surface area contributed by atoms with E-state index in [2.05, 4.69) is 37.9 Å². The van der Waals surface area contributed by atoms with Gasteiger partial charge >= 0.3 is 0 Å². The Bertz CT molecular complexity index is 464. The molecule has 1 saturated heterocycles. The molecule has 112 valence electrons. The van der Waals surface area contributed by atoms with Crippen LogP contribution in [0.5, 0.6) is 5.75 Å². The van der Waals surface area contributed by atoms with Gasteiger partial charge in [0.05, 0.1) is 12.6 Å². The number of hydrogen-bond acceptors (Lipinski definition) is 4. The van der Waals surface area contributed by atoms with Crippen molar-refractivity contribution in [1.82, 2.24) is 0 Å². The molecular weight excluding hydrogens is 268 g/mol. The molecule has 20 heavy (non-hydrogen) atoms. The first-order valence-electron chi connectivity index (χ1n) is 7.08. The molecule has 0 spiro atoms. The van der Waals surface area contributed by atoms with E-state index in [-0.39, 0.29) is 5.54 Å². The lowest BCUT2D eigenvalue weighted by Gasteiger charge is -2.50. The number of ether oxygens (including phenoxy) is 1. The van der Waals surface area contributed by atoms with Crippen LogP contribution in [0, 0.1) is 5.41 Å². The predicted molar refractivity (Wildman–Crippen MR) is 88.9 cm³/mol. The Labute approximate surface area is 126 Å². The molecule has 2 rings (SSSR count). The maximum Gasteiger partial charge on any atom is 0.120 e. The van der Waals surface area contributed by atoms with Gasteiger partial charge in [-0.15, -0.1) is 0 Å². The minimum Gasteiger partial charge on any atom is -0.497 e. The van der Waals surface area contributed by atoms with E-state index in [1.165, 1.54) is 11.4 Å². The summed E-state index contributed by atoms with van der Waals surface area (Å²) in [5, 5.41) is 0. The summed E-state index contributed by atoms with van der Waals surface area (Å²) in [7, 11) is 3.86. The van der Waals surface area contributed by atoms with Gasteiger partial charge in [-0.05, 0) is 29.7 Å². The topological polar surface area (TPSA) is 38.5 Å². The largest absolute Gasteiger partial charge is 0.497 e. The molecule has 1 aliphatic rings. The standard InChI is InChI=1S/C16H26N2OS/c1-15(2)9-16(10-17,12-20-11-15)18(3)13-6-5-7-14(8-13)19-4/h5-8H,9-12,17H2,1-4H3. The van der Waals surface area contributed by atoms with Crippen molar-refractivity contribution in [2.45, 2.75) is 25.8 Å². The molecule has 0 bridgehead atoms. The number of rotatable bonds is 4. The van der Waals surface area contributed by atoms with E-state index in [9.17, 15) is 0 Å². The van der Waals surface area contributed by atoms with Gasteiger partial charge < -0.3 is 15.4 Å². The highest BCUT2D eigenvalue weighted by Crippen LogP contribution is 2.43. The number of nitrogens with two attached hydrogens (primary N) is 1. The number of anilines is 1. The van der Waals surface area contributed by atoms with Gasteiger partial charge in [-0.25, -0.2) is 0 Å². The monoisotopic (exact) mass is 294 g/mol. The molecule has 0 radical (unpaired) electrons. The lowest BCUT2D eigenvalue weighted by atomic mass is 9.78. The van der Waals surface area contributed by atoms with Crippen LogP contribution in [0.3, 0.4) is 0 Å². The first kappa shape index (κ1) is 15.5. The van der Waals surface area contributed by atoms with E-state index in [1.54, 1.807) is 7.11 Å². The number of methoxy groups -OCH3 is 1. The van der Waals surface area contributed by atoms with Gasteiger partial charge in [0.15, 0.2) is 0 Å². The van der Waals surface area contributed by atoms with Crippen LogP contribution in [0.15, 0.2) is 24.3 Å². The number of thioether (sulfide) groups is 1. The van der Waals surface area contributed by atoms with Crippen molar-refractivity contribution >= 4 is 17.4 Å². The zero-order chi connectivity index (χ0) is 14.8. The molecule has 0 aliphatic carbocycles. The Hall–Kier alpha value is -0.870. The molecule has 1 aromatic carbocycles. The fraction of sp³-hybridized carbons (Fsp3) is 0.625. The molecular formula is C16H26N2OS. The van der Waals surface area contributed by atoms with Crippen molar-refractivity contribution in [2.24, 2.45) is 11.1 Å². The Morgan fingerprint density at radius 3 is 2.70 bits per heavy atom. The molecule has 1 heterocycles. The third kappa shape index (κ3) is 3.07. The van der Waals surface area contributed by atoms with Gasteiger partial charge in [-0.1, -0.05) is 19.9 Å². The maximum atomic E-state index is 6.18. The van der Waals surface area contributed by atoms with E-state index >= 15 is 0 Å². The van der Waals surface area contributed by atoms with E-state index in [0.717, 1.165) is 17.9 Å². The highest BCUT2D eigenvalue weighted by molar-refractivity contribution is 7.99. The van der Waals surface area contributed by atoms with Crippen molar-refractivity contribution in [1.29, 1.82) is 0 Å². The summed E-state index contributed by atoms with van der Waals surface area (Å²) in [6, 6.07) is 8.23. The summed E-state index contributed by atoms with van der Waals surface area (Å²) >= 11 is 2.01. The van der Waals surface area contributed by atoms with Gasteiger partial charge in [0.25, 0.3) is 0 Å². The Kier molecular flexibility index (Phi) is 4.55. The smallest absolute Gasteiger partial charge is 0.120 e. The molecule has 0 aromatic heterocycles. The van der Waals surface area contributed by atoms with Crippen LogP contribution in [0.25, 0.3) is 0 Å². The zero-order valence-electron chi connectivity index (χ0n) is 13.0. The molecule has 4 heteroatoms. The van der Waals surface area contributed by atoms with Gasteiger partial charge in [0.2, 0.25) is 0 Å². The number of hydrogen-bond donors (Lipinski definition) is 1. The fourth-order valence-corrected chi connectivity index (χ4v) is 4.64. The molecule has 1 atom stereocenters. The lowest BCUT2D eigenvalue weighted by Crippen LogP contribution is -2.59. The first-order chi connectivity index (χ1) is 9.42. The van der Waals surface area contributed by atoms with Crippen LogP contribution in [-0.2, 0) is 0 Å². The molecule has 0 amide bonds. The van der Waals surface area contributed by atoms with Crippen molar-refractivity contribution in [3.8, 4) is 5.75 Å². The molecule has 1 unspecified atom stereocenters. The summed E-state index contributed by atoms with van der Waals surface area (Å²) in [6.07, 6.45) is 1.12. The van der Waals surface area contributed by atoms with Gasteiger partial charge in [-0.3, -0.25) is 0 Å². The van der Waals surface area contributed by atoms with Crippen LogP contribution in [0.2, 0.25) is 0 Å².